The number of hydrogen-bond donors (Lipinski definition) is 0. The van der Waals surface area contributed by atoms with Gasteiger partial charge in [-0.15, -0.1) is 0 Å². The fourth-order valence-electron chi connectivity index (χ4n) is 1.42. The van der Waals surface area contributed by atoms with Gasteiger partial charge in [-0.05, 0) is 18.9 Å². The van der Waals surface area contributed by atoms with Gasteiger partial charge in [0.1, 0.15) is 0 Å². The minimum atomic E-state index is 0.0360. The van der Waals surface area contributed by atoms with Gasteiger partial charge in [0.25, 0.3) is 5.70 Å². The van der Waals surface area contributed by atoms with E-state index < -0.39 is 0 Å². The number of rotatable bonds is 0. The zero-order valence-electron chi connectivity index (χ0n) is 7.29. The Bertz CT molecular complexity index is 372. The van der Waals surface area contributed by atoms with Crippen molar-refractivity contribution in [3.8, 4) is 6.07 Å². The van der Waals surface area contributed by atoms with E-state index >= 15 is 0 Å². The van der Waals surface area contributed by atoms with Crippen LogP contribution in [0.2, 0.25) is 0 Å². The second-order valence-corrected chi connectivity index (χ2v) is 2.68. The maximum atomic E-state index is 11.2. The quantitative estimate of drug-likeness (QED) is 0.318. The zero-order valence-corrected chi connectivity index (χ0v) is 7.29. The summed E-state index contributed by atoms with van der Waals surface area (Å²) in [4.78, 5) is 14.3. The molecule has 0 radical (unpaired) electrons. The second kappa shape index (κ2) is 3.69. The molecule has 13 heavy (non-hydrogen) atoms. The van der Waals surface area contributed by atoms with Crippen molar-refractivity contribution in [3.63, 3.8) is 0 Å². The predicted octanol–water partition coefficient (Wildman–Crippen LogP) is 1.99. The summed E-state index contributed by atoms with van der Waals surface area (Å²) >= 11 is 0. The normalized spacial score (nSPS) is 22.7. The van der Waals surface area contributed by atoms with Gasteiger partial charge in [-0.1, -0.05) is 6.08 Å². The number of ketones is 1. The second-order valence-electron chi connectivity index (χ2n) is 2.68. The van der Waals surface area contributed by atoms with Gasteiger partial charge in [0.05, 0.1) is 12.6 Å². The minimum absolute atomic E-state index is 0.0360. The van der Waals surface area contributed by atoms with Crippen molar-refractivity contribution < 1.29 is 4.79 Å². The fraction of sp³-hybridized carbons (Fsp3) is 0.300. The third kappa shape index (κ3) is 1.50. The Morgan fingerprint density at radius 3 is 2.85 bits per heavy atom. The molecule has 64 valence electrons. The van der Waals surface area contributed by atoms with Crippen molar-refractivity contribution in [2.45, 2.75) is 19.8 Å². The van der Waals surface area contributed by atoms with Crippen molar-refractivity contribution in [1.29, 1.82) is 5.26 Å². The van der Waals surface area contributed by atoms with Gasteiger partial charge in [-0.3, -0.25) is 4.79 Å². The van der Waals surface area contributed by atoms with Crippen LogP contribution in [0.15, 0.2) is 22.9 Å². The highest BCUT2D eigenvalue weighted by Crippen LogP contribution is 2.30. The lowest BCUT2D eigenvalue weighted by Crippen LogP contribution is -1.93. The Balaban J connectivity index is 3.25. The molecule has 3 nitrogen and oxygen atoms in total. The molecule has 0 aliphatic heterocycles. The SMILES string of the molecule is [C-]#[N+]/C(C#N)=C1/CCC(=O)/C1=C\C. The number of hydrogen-bond acceptors (Lipinski definition) is 2. The third-order valence-electron chi connectivity index (χ3n) is 2.02. The molecule has 1 rings (SSSR count). The molecular weight excluding hydrogens is 164 g/mol. The van der Waals surface area contributed by atoms with Crippen LogP contribution in [0.5, 0.6) is 0 Å². The molecule has 3 heteroatoms. The molecule has 0 bridgehead atoms. The molecule has 0 spiro atoms. The van der Waals surface area contributed by atoms with Gasteiger partial charge in [-0.25, -0.2) is 10.1 Å². The summed E-state index contributed by atoms with van der Waals surface area (Å²) in [7, 11) is 0. The molecular formula is C10H8N2O. The van der Waals surface area contributed by atoms with Gasteiger partial charge in [0.15, 0.2) is 5.78 Å². The molecule has 0 saturated heterocycles. The van der Waals surface area contributed by atoms with Crippen LogP contribution in [0.25, 0.3) is 4.85 Å². The number of Topliss-reactive ketones (excluding diaryl/α,β-unsaturated/α-hetero) is 1. The average Bonchev–Trinajstić information content (AvgIpc) is 2.50. The number of nitrogens with zero attached hydrogens (tertiary/aromatic N) is 2. The first-order chi connectivity index (χ1) is 6.24. The first-order valence-corrected chi connectivity index (χ1v) is 3.95. The minimum Gasteiger partial charge on any atom is -0.294 e. The summed E-state index contributed by atoms with van der Waals surface area (Å²) in [6.45, 7) is 8.51. The predicted molar refractivity (Wildman–Crippen MR) is 47.2 cm³/mol. The third-order valence-corrected chi connectivity index (χ3v) is 2.02. The fourth-order valence-corrected chi connectivity index (χ4v) is 1.42. The van der Waals surface area contributed by atoms with Crippen LogP contribution in [0.4, 0.5) is 0 Å². The van der Waals surface area contributed by atoms with Crippen LogP contribution < -0.4 is 0 Å². The van der Waals surface area contributed by atoms with E-state index in [1.54, 1.807) is 13.0 Å². The first kappa shape index (κ1) is 9.22. The van der Waals surface area contributed by atoms with Gasteiger partial charge in [0, 0.05) is 12.0 Å². The van der Waals surface area contributed by atoms with Gasteiger partial charge in [-0.2, -0.15) is 0 Å². The molecule has 1 fully saturated rings. The summed E-state index contributed by atoms with van der Waals surface area (Å²) in [6, 6.07) is 1.81. The molecule has 0 heterocycles. The lowest BCUT2D eigenvalue weighted by atomic mass is 10.1. The molecule has 0 aromatic heterocycles. The Morgan fingerprint density at radius 1 is 1.69 bits per heavy atom. The van der Waals surface area contributed by atoms with Crippen molar-refractivity contribution in [1.82, 2.24) is 0 Å². The Hall–Kier alpha value is -1.87. The van der Waals surface area contributed by atoms with Crippen LogP contribution in [0.1, 0.15) is 19.8 Å². The lowest BCUT2D eigenvalue weighted by Gasteiger charge is -1.96. The Kier molecular flexibility index (Phi) is 2.62. The summed E-state index contributed by atoms with van der Waals surface area (Å²) in [6.07, 6.45) is 2.63. The standard InChI is InChI=1S/C10H8N2O/c1-3-7-8(4-5-10(7)13)9(6-11)12-2/h3H,4-5H2,1H3/b7-3-,9-8-. The van der Waals surface area contributed by atoms with Crippen molar-refractivity contribution >= 4 is 5.78 Å². The van der Waals surface area contributed by atoms with Crippen LogP contribution in [0.3, 0.4) is 0 Å². The maximum Gasteiger partial charge on any atom is 0.265 e. The number of carbonyl (C=O) groups excluding carboxylic acids is 1. The van der Waals surface area contributed by atoms with Crippen molar-refractivity contribution in [2.75, 3.05) is 0 Å². The molecule has 1 aliphatic carbocycles. The zero-order chi connectivity index (χ0) is 9.84. The lowest BCUT2D eigenvalue weighted by molar-refractivity contribution is -0.114. The van der Waals surface area contributed by atoms with E-state index in [1.807, 2.05) is 6.07 Å². The number of allylic oxidation sites excluding steroid dienone is 4. The van der Waals surface area contributed by atoms with E-state index in [9.17, 15) is 4.79 Å². The monoisotopic (exact) mass is 172 g/mol. The maximum absolute atomic E-state index is 11.2. The highest BCUT2D eigenvalue weighted by molar-refractivity contribution is 6.03. The smallest absolute Gasteiger partial charge is 0.265 e. The summed E-state index contributed by atoms with van der Waals surface area (Å²) in [5.41, 5.74) is 1.22. The average molecular weight is 172 g/mol. The van der Waals surface area contributed by atoms with Gasteiger partial charge in [0.2, 0.25) is 0 Å². The molecule has 1 saturated carbocycles. The van der Waals surface area contributed by atoms with Crippen LogP contribution in [-0.4, -0.2) is 5.78 Å². The van der Waals surface area contributed by atoms with Crippen molar-refractivity contribution in [3.05, 3.63) is 34.3 Å². The van der Waals surface area contributed by atoms with E-state index in [0.717, 1.165) is 0 Å². The van der Waals surface area contributed by atoms with Gasteiger partial charge >= 0.3 is 0 Å². The molecule has 0 amide bonds. The van der Waals surface area contributed by atoms with E-state index in [4.69, 9.17) is 11.8 Å². The van der Waals surface area contributed by atoms with Crippen LogP contribution >= 0.6 is 0 Å². The van der Waals surface area contributed by atoms with E-state index in [2.05, 4.69) is 4.85 Å². The van der Waals surface area contributed by atoms with E-state index in [1.165, 1.54) is 0 Å². The van der Waals surface area contributed by atoms with E-state index in [0.29, 0.717) is 24.0 Å². The summed E-state index contributed by atoms with van der Waals surface area (Å²) in [5, 5.41) is 8.63. The highest BCUT2D eigenvalue weighted by Gasteiger charge is 2.24. The summed E-state index contributed by atoms with van der Waals surface area (Å²) in [5.74, 6) is 0.0360. The Labute approximate surface area is 76.8 Å². The largest absolute Gasteiger partial charge is 0.294 e. The molecule has 0 unspecified atom stereocenters. The Morgan fingerprint density at radius 2 is 2.38 bits per heavy atom. The molecule has 0 aromatic rings. The molecule has 0 atom stereocenters. The van der Waals surface area contributed by atoms with Crippen LogP contribution in [-0.2, 0) is 4.79 Å². The van der Waals surface area contributed by atoms with Gasteiger partial charge < -0.3 is 0 Å². The van der Waals surface area contributed by atoms with E-state index in [-0.39, 0.29) is 11.5 Å². The summed E-state index contributed by atoms with van der Waals surface area (Å²) < 4.78 is 0. The topological polar surface area (TPSA) is 45.2 Å². The molecule has 0 N–H and O–H groups in total. The highest BCUT2D eigenvalue weighted by atomic mass is 16.1. The molecule has 0 aromatic carbocycles. The first-order valence-electron chi connectivity index (χ1n) is 3.95. The number of nitriles is 1. The molecule has 1 aliphatic rings. The van der Waals surface area contributed by atoms with Crippen LogP contribution in [0, 0.1) is 17.9 Å². The number of carbonyl (C=O) groups is 1. The van der Waals surface area contributed by atoms with Crippen molar-refractivity contribution in [2.24, 2.45) is 0 Å².